The molecule has 0 amide bonds. The van der Waals surface area contributed by atoms with Gasteiger partial charge in [-0.05, 0) is 26.1 Å². The van der Waals surface area contributed by atoms with Crippen LogP contribution < -0.4 is 45.3 Å². The number of anilines is 3. The van der Waals surface area contributed by atoms with E-state index in [9.17, 15) is 24.0 Å². The first kappa shape index (κ1) is 41.8. The van der Waals surface area contributed by atoms with Gasteiger partial charge in [0.1, 0.15) is 16.9 Å². The first-order valence-electron chi connectivity index (χ1n) is 14.9. The Morgan fingerprint density at radius 2 is 1.34 bits per heavy atom. The van der Waals surface area contributed by atoms with Crippen LogP contribution in [0, 0.1) is 28.5 Å². The predicted octanol–water partition coefficient (Wildman–Crippen LogP) is -1.07. The summed E-state index contributed by atoms with van der Waals surface area (Å²) in [4.78, 5) is 77.0. The molecule has 0 aromatic carbocycles. The van der Waals surface area contributed by atoms with Crippen LogP contribution in [0.5, 0.6) is 0 Å². The smallest absolute Gasteiger partial charge is 0.349 e. The van der Waals surface area contributed by atoms with Crippen molar-refractivity contribution in [1.82, 2.24) is 57.7 Å². The Balaban J connectivity index is 0.000000231. The van der Waals surface area contributed by atoms with Crippen molar-refractivity contribution in [3.8, 4) is 23.7 Å². The average molecular weight is 744 g/mol. The molecule has 0 radical (unpaired) electrons. The summed E-state index contributed by atoms with van der Waals surface area (Å²) < 4.78 is 8.18. The van der Waals surface area contributed by atoms with Crippen LogP contribution in [0.15, 0.2) is 73.5 Å². The Morgan fingerprint density at radius 3 is 1.91 bits per heavy atom. The number of H-pyrrole nitrogens is 2. The summed E-state index contributed by atoms with van der Waals surface area (Å²) in [6.07, 6.45) is 9.37. The van der Waals surface area contributed by atoms with Crippen molar-refractivity contribution in [2.75, 3.05) is 17.2 Å². The van der Waals surface area contributed by atoms with Crippen LogP contribution in [-0.4, -0.2) is 57.7 Å². The molecule has 6 heterocycles. The van der Waals surface area contributed by atoms with Crippen molar-refractivity contribution in [1.29, 1.82) is 0 Å². The molecule has 0 unspecified atom stereocenters. The van der Waals surface area contributed by atoms with Crippen molar-refractivity contribution in [2.45, 2.75) is 13.8 Å². The van der Waals surface area contributed by atoms with E-state index in [1.54, 1.807) is 73.6 Å². The third-order valence-corrected chi connectivity index (χ3v) is 6.56. The van der Waals surface area contributed by atoms with E-state index in [1.807, 2.05) is 14.1 Å². The fourth-order valence-corrected chi connectivity index (χ4v) is 3.68. The van der Waals surface area contributed by atoms with Crippen LogP contribution >= 0.6 is 12.2 Å². The third-order valence-electron chi connectivity index (χ3n) is 6.17. The SMILES string of the molecule is CC#Cc1cn(C)c(=O)[nH]c1=O.CC#Cc1cn(C)c(=O)nc1N.Cn1ccc(=O)[nH]c1=S.Cn1ccc(=O)nc1.Cn1cnc2c(N)nc(N)nc21. The Hall–Kier alpha value is -7.39. The minimum absolute atomic E-state index is 0.155. The number of hydrogen-bond donors (Lipinski definition) is 5. The summed E-state index contributed by atoms with van der Waals surface area (Å²) in [5.41, 5.74) is 17.0. The van der Waals surface area contributed by atoms with Gasteiger partial charge in [0.25, 0.3) is 16.7 Å². The average Bonchev–Trinajstić information content (AvgIpc) is 3.47. The van der Waals surface area contributed by atoms with Gasteiger partial charge in [-0.15, -0.1) is 11.8 Å². The van der Waals surface area contributed by atoms with Crippen molar-refractivity contribution < 1.29 is 0 Å². The molecule has 6 rings (SSSR count). The van der Waals surface area contributed by atoms with E-state index in [-0.39, 0.29) is 28.6 Å². The van der Waals surface area contributed by atoms with Crippen LogP contribution in [0.4, 0.5) is 17.6 Å². The topological polar surface area (TPSA) is 284 Å². The number of fused-ring (bicyclic) bond motifs is 1. The zero-order valence-electron chi connectivity index (χ0n) is 29.8. The zero-order valence-corrected chi connectivity index (χ0v) is 30.6. The van der Waals surface area contributed by atoms with Crippen LogP contribution in [0.1, 0.15) is 25.0 Å². The number of nitrogens with zero attached hydrogens (tertiary/aromatic N) is 10. The number of aryl methyl sites for hydroxylation is 5. The summed E-state index contributed by atoms with van der Waals surface area (Å²) in [5.74, 6) is 11.3. The van der Waals surface area contributed by atoms with Gasteiger partial charge in [-0.25, -0.2) is 14.6 Å². The molecule has 6 aromatic rings. The lowest BCUT2D eigenvalue weighted by Crippen LogP contribution is -2.29. The summed E-state index contributed by atoms with van der Waals surface area (Å²) in [7, 11) is 8.57. The van der Waals surface area contributed by atoms with Gasteiger partial charge in [0.15, 0.2) is 16.2 Å². The largest absolute Gasteiger partial charge is 0.382 e. The van der Waals surface area contributed by atoms with E-state index in [1.165, 1.54) is 33.8 Å². The maximum atomic E-state index is 11.0. The van der Waals surface area contributed by atoms with E-state index in [0.29, 0.717) is 32.9 Å². The first-order valence-corrected chi connectivity index (χ1v) is 15.3. The fraction of sp³-hybridized carbons (Fsp3) is 0.219. The van der Waals surface area contributed by atoms with Gasteiger partial charge in [0.05, 0.1) is 18.2 Å². The van der Waals surface area contributed by atoms with Gasteiger partial charge in [0.2, 0.25) is 5.95 Å². The third kappa shape index (κ3) is 13.1. The minimum Gasteiger partial charge on any atom is -0.382 e. The molecule has 0 aliphatic heterocycles. The highest BCUT2D eigenvalue weighted by Gasteiger charge is 2.06. The maximum Gasteiger partial charge on any atom is 0.349 e. The van der Waals surface area contributed by atoms with E-state index < -0.39 is 11.2 Å². The van der Waals surface area contributed by atoms with Gasteiger partial charge in [-0.1, -0.05) is 11.8 Å². The van der Waals surface area contributed by atoms with E-state index >= 15 is 0 Å². The number of hydrogen-bond acceptors (Lipinski definition) is 14. The molecule has 6 aromatic heterocycles. The molecule has 0 atom stereocenters. The molecule has 276 valence electrons. The van der Waals surface area contributed by atoms with Crippen LogP contribution in [-0.2, 0) is 35.2 Å². The van der Waals surface area contributed by atoms with Gasteiger partial charge in [-0.2, -0.15) is 19.9 Å². The standard InChI is InChI=1S/C8H9N3O.C8H8N2O2.C6H8N6.C5H6N2OS.C5H6N2O/c1-3-4-6-5-11(2)8(12)10-7(6)9;1-3-4-6-5-10(2)8(12)9-7(6)11;1-12-2-9-3-4(7)10-6(8)11-5(3)12;1-7-3-2-4(8)6-5(7)9;1-7-3-2-5(8)6-4-7/h5H,1-2H3,(H2,9,10,12);5H,1-2H3,(H,9,11,12);2H,1H3,(H4,7,8,10,11);2-3H,1H3,(H,6,8,9);2-4H,1H3. The van der Waals surface area contributed by atoms with Gasteiger partial charge < -0.3 is 40.0 Å². The molecule has 0 aliphatic carbocycles. The summed E-state index contributed by atoms with van der Waals surface area (Å²) in [6.45, 7) is 3.33. The highest BCUT2D eigenvalue weighted by atomic mass is 32.1. The second kappa shape index (κ2) is 19.7. The lowest BCUT2D eigenvalue weighted by molar-refractivity contribution is 0.795. The maximum absolute atomic E-state index is 11.0. The molecule has 0 saturated heterocycles. The van der Waals surface area contributed by atoms with E-state index in [2.05, 4.69) is 58.6 Å². The monoisotopic (exact) mass is 743 g/mol. The van der Waals surface area contributed by atoms with Crippen molar-refractivity contribution in [2.24, 2.45) is 35.2 Å². The number of rotatable bonds is 0. The van der Waals surface area contributed by atoms with Crippen molar-refractivity contribution in [3.63, 3.8) is 0 Å². The molecule has 0 saturated carbocycles. The number of nitrogen functional groups attached to an aromatic ring is 3. The van der Waals surface area contributed by atoms with Crippen LogP contribution in [0.2, 0.25) is 0 Å². The van der Waals surface area contributed by atoms with Gasteiger partial charge in [-0.3, -0.25) is 24.4 Å². The minimum atomic E-state index is -0.438. The Labute approximate surface area is 305 Å². The number of nitrogens with one attached hydrogen (secondary N) is 2. The molecule has 0 bridgehead atoms. The van der Waals surface area contributed by atoms with Crippen molar-refractivity contribution in [3.05, 3.63) is 118 Å². The quantitative estimate of drug-likeness (QED) is 0.0915. The summed E-state index contributed by atoms with van der Waals surface area (Å²) >= 11 is 4.75. The molecular weight excluding hydrogens is 707 g/mol. The highest BCUT2D eigenvalue weighted by Crippen LogP contribution is 2.15. The van der Waals surface area contributed by atoms with Crippen LogP contribution in [0.25, 0.3) is 11.2 Å². The summed E-state index contributed by atoms with van der Waals surface area (Å²) in [6, 6.07) is 2.84. The molecular formula is C32H37N15O5S. The fourth-order valence-electron chi connectivity index (χ4n) is 3.51. The first-order chi connectivity index (χ1) is 25.0. The van der Waals surface area contributed by atoms with Crippen molar-refractivity contribution >= 4 is 41.0 Å². The van der Waals surface area contributed by atoms with E-state index in [0.717, 1.165) is 0 Å². The second-order valence-corrected chi connectivity index (χ2v) is 10.8. The lowest BCUT2D eigenvalue weighted by Gasteiger charge is -1.98. The number of nitrogens with two attached hydrogens (primary N) is 3. The van der Waals surface area contributed by atoms with Gasteiger partial charge in [0, 0.05) is 72.2 Å². The highest BCUT2D eigenvalue weighted by molar-refractivity contribution is 7.71. The summed E-state index contributed by atoms with van der Waals surface area (Å²) in [5, 5.41) is 0. The molecule has 8 N–H and O–H groups in total. The lowest BCUT2D eigenvalue weighted by atomic mass is 10.3. The molecule has 20 nitrogen and oxygen atoms in total. The zero-order chi connectivity index (χ0) is 39.8. The van der Waals surface area contributed by atoms with Crippen LogP contribution in [0.3, 0.4) is 0 Å². The van der Waals surface area contributed by atoms with E-state index in [4.69, 9.17) is 29.4 Å². The molecule has 53 heavy (non-hydrogen) atoms. The molecule has 0 fully saturated rings. The normalized spacial score (nSPS) is 9.42. The Morgan fingerprint density at radius 1 is 0.698 bits per heavy atom. The Kier molecular flexibility index (Phi) is 15.5. The predicted molar refractivity (Wildman–Crippen MR) is 203 cm³/mol. The number of aromatic nitrogens is 12. The second-order valence-electron chi connectivity index (χ2n) is 10.4. The number of imidazole rings is 1. The molecule has 0 aliphatic rings. The molecule has 0 spiro atoms. The van der Waals surface area contributed by atoms with Gasteiger partial charge >= 0.3 is 11.4 Å². The molecule has 21 heteroatoms. The Bertz CT molecular complexity index is 2680. The number of aromatic amines is 2.